The van der Waals surface area contributed by atoms with E-state index in [9.17, 15) is 9.59 Å². The van der Waals surface area contributed by atoms with Gasteiger partial charge in [0, 0.05) is 46.1 Å². The highest BCUT2D eigenvalue weighted by molar-refractivity contribution is 5.91. The van der Waals surface area contributed by atoms with E-state index in [1.54, 1.807) is 4.90 Å². The summed E-state index contributed by atoms with van der Waals surface area (Å²) in [5.74, 6) is 0.0135. The summed E-state index contributed by atoms with van der Waals surface area (Å²) in [4.78, 5) is 30.1. The van der Waals surface area contributed by atoms with Gasteiger partial charge in [0.15, 0.2) is 5.69 Å². The largest absolute Gasteiger partial charge is 0.446 e. The predicted octanol–water partition coefficient (Wildman–Crippen LogP) is 1.79. The predicted molar refractivity (Wildman–Crippen MR) is 101 cm³/mol. The van der Waals surface area contributed by atoms with Crippen molar-refractivity contribution in [3.05, 3.63) is 17.8 Å². The van der Waals surface area contributed by atoms with Gasteiger partial charge in [0.2, 0.25) is 5.89 Å². The Morgan fingerprint density at radius 3 is 2.48 bits per heavy atom. The standard InChI is InChI=1S/C18H32N4O5/c1-4-19-18(24)22(10-8-12-26-6-3)13-16-21-15(14-27-16)17(23)20-9-7-11-25-5-2/h14H,4-13H2,1-3H3,(H,19,24)(H,20,23). The first-order chi connectivity index (χ1) is 13.1. The van der Waals surface area contributed by atoms with Crippen LogP contribution in [0.25, 0.3) is 0 Å². The zero-order chi connectivity index (χ0) is 19.9. The van der Waals surface area contributed by atoms with Crippen LogP contribution in [0.3, 0.4) is 0 Å². The highest BCUT2D eigenvalue weighted by atomic mass is 16.5. The molecule has 0 aliphatic heterocycles. The van der Waals surface area contributed by atoms with E-state index < -0.39 is 0 Å². The third kappa shape index (κ3) is 9.39. The molecule has 1 rings (SSSR count). The zero-order valence-corrected chi connectivity index (χ0v) is 16.6. The number of carbonyl (C=O) groups is 2. The van der Waals surface area contributed by atoms with Crippen LogP contribution >= 0.6 is 0 Å². The zero-order valence-electron chi connectivity index (χ0n) is 16.6. The van der Waals surface area contributed by atoms with Crippen molar-refractivity contribution in [3.63, 3.8) is 0 Å². The second-order valence-corrected chi connectivity index (χ2v) is 5.74. The van der Waals surface area contributed by atoms with Crippen LogP contribution in [0.5, 0.6) is 0 Å². The SMILES string of the molecule is CCNC(=O)N(CCCOCC)Cc1nc(C(=O)NCCCOCC)co1. The Morgan fingerprint density at radius 2 is 1.81 bits per heavy atom. The van der Waals surface area contributed by atoms with Crippen molar-refractivity contribution in [2.75, 3.05) is 46.1 Å². The van der Waals surface area contributed by atoms with Gasteiger partial charge in [-0.1, -0.05) is 0 Å². The minimum Gasteiger partial charge on any atom is -0.446 e. The van der Waals surface area contributed by atoms with Crippen molar-refractivity contribution in [1.29, 1.82) is 0 Å². The van der Waals surface area contributed by atoms with Crippen molar-refractivity contribution in [3.8, 4) is 0 Å². The third-order valence-corrected chi connectivity index (χ3v) is 3.60. The number of aromatic nitrogens is 1. The molecule has 154 valence electrons. The van der Waals surface area contributed by atoms with Gasteiger partial charge in [-0.05, 0) is 33.6 Å². The van der Waals surface area contributed by atoms with Crippen LogP contribution in [-0.4, -0.2) is 67.9 Å². The van der Waals surface area contributed by atoms with Crippen LogP contribution in [0, 0.1) is 0 Å². The average Bonchev–Trinajstić information content (AvgIpc) is 3.13. The molecule has 0 saturated heterocycles. The first kappa shape index (κ1) is 22.9. The number of hydrogen-bond acceptors (Lipinski definition) is 6. The molecule has 9 nitrogen and oxygen atoms in total. The summed E-state index contributed by atoms with van der Waals surface area (Å²) < 4.78 is 15.9. The molecular weight excluding hydrogens is 352 g/mol. The Morgan fingerprint density at radius 1 is 1.11 bits per heavy atom. The summed E-state index contributed by atoms with van der Waals surface area (Å²) in [6, 6.07) is -0.200. The maximum atomic E-state index is 12.2. The second-order valence-electron chi connectivity index (χ2n) is 5.74. The molecule has 2 N–H and O–H groups in total. The maximum Gasteiger partial charge on any atom is 0.317 e. The fraction of sp³-hybridized carbons (Fsp3) is 0.722. The van der Waals surface area contributed by atoms with E-state index in [0.29, 0.717) is 58.4 Å². The minimum atomic E-state index is -0.303. The monoisotopic (exact) mass is 384 g/mol. The summed E-state index contributed by atoms with van der Waals surface area (Å²) in [6.45, 7) is 9.92. The maximum absolute atomic E-state index is 12.2. The van der Waals surface area contributed by atoms with Crippen LogP contribution in [-0.2, 0) is 16.0 Å². The molecule has 1 aromatic rings. The van der Waals surface area contributed by atoms with Crippen molar-refractivity contribution >= 4 is 11.9 Å². The van der Waals surface area contributed by atoms with E-state index in [0.717, 1.165) is 6.42 Å². The lowest BCUT2D eigenvalue weighted by atomic mass is 10.4. The van der Waals surface area contributed by atoms with Crippen molar-refractivity contribution in [2.45, 2.75) is 40.2 Å². The van der Waals surface area contributed by atoms with Gasteiger partial charge in [-0.3, -0.25) is 4.79 Å². The summed E-state index contributed by atoms with van der Waals surface area (Å²) in [6.07, 6.45) is 2.75. The molecule has 3 amide bonds. The van der Waals surface area contributed by atoms with Crippen LogP contribution in [0.4, 0.5) is 4.79 Å². The molecule has 0 bridgehead atoms. The molecule has 0 aliphatic rings. The van der Waals surface area contributed by atoms with Gasteiger partial charge in [-0.25, -0.2) is 9.78 Å². The lowest BCUT2D eigenvalue weighted by Gasteiger charge is -2.21. The van der Waals surface area contributed by atoms with Gasteiger partial charge in [0.1, 0.15) is 6.26 Å². The number of urea groups is 1. The summed E-state index contributed by atoms with van der Waals surface area (Å²) in [5, 5.41) is 5.53. The number of oxazole rings is 1. The van der Waals surface area contributed by atoms with E-state index in [1.165, 1.54) is 6.26 Å². The summed E-state index contributed by atoms with van der Waals surface area (Å²) >= 11 is 0. The van der Waals surface area contributed by atoms with Crippen LogP contribution in [0.1, 0.15) is 50.0 Å². The van der Waals surface area contributed by atoms with Gasteiger partial charge in [0.25, 0.3) is 5.91 Å². The Bertz CT molecular complexity index is 550. The Hall–Kier alpha value is -2.13. The smallest absolute Gasteiger partial charge is 0.317 e. The van der Waals surface area contributed by atoms with Crippen LogP contribution < -0.4 is 10.6 Å². The molecule has 0 aliphatic carbocycles. The minimum absolute atomic E-state index is 0.190. The molecule has 0 atom stereocenters. The third-order valence-electron chi connectivity index (χ3n) is 3.60. The number of nitrogens with zero attached hydrogens (tertiary/aromatic N) is 2. The normalized spacial score (nSPS) is 10.6. The molecule has 0 radical (unpaired) electrons. The van der Waals surface area contributed by atoms with E-state index in [2.05, 4.69) is 15.6 Å². The number of carbonyl (C=O) groups excluding carboxylic acids is 2. The van der Waals surface area contributed by atoms with Crippen LogP contribution in [0.2, 0.25) is 0 Å². The molecule has 0 aromatic carbocycles. The number of ether oxygens (including phenoxy) is 2. The first-order valence-corrected chi connectivity index (χ1v) is 9.53. The summed E-state index contributed by atoms with van der Waals surface area (Å²) in [5.41, 5.74) is 0.201. The number of amides is 3. The van der Waals surface area contributed by atoms with E-state index in [4.69, 9.17) is 13.9 Å². The lowest BCUT2D eigenvalue weighted by Crippen LogP contribution is -2.40. The van der Waals surface area contributed by atoms with Crippen molar-refractivity contribution in [2.24, 2.45) is 0 Å². The molecule has 0 spiro atoms. The lowest BCUT2D eigenvalue weighted by molar-refractivity contribution is 0.0939. The molecule has 0 unspecified atom stereocenters. The highest BCUT2D eigenvalue weighted by Crippen LogP contribution is 2.07. The van der Waals surface area contributed by atoms with Gasteiger partial charge in [0.05, 0.1) is 6.54 Å². The van der Waals surface area contributed by atoms with Gasteiger partial charge < -0.3 is 29.4 Å². The molecule has 1 aromatic heterocycles. The summed E-state index contributed by atoms with van der Waals surface area (Å²) in [7, 11) is 0. The second kappa shape index (κ2) is 14.0. The van der Waals surface area contributed by atoms with E-state index in [-0.39, 0.29) is 24.2 Å². The fourth-order valence-electron chi connectivity index (χ4n) is 2.28. The average molecular weight is 384 g/mol. The van der Waals surface area contributed by atoms with Crippen molar-refractivity contribution in [1.82, 2.24) is 20.5 Å². The Balaban J connectivity index is 2.53. The van der Waals surface area contributed by atoms with Gasteiger partial charge in [-0.2, -0.15) is 0 Å². The number of nitrogens with one attached hydrogen (secondary N) is 2. The molecule has 27 heavy (non-hydrogen) atoms. The number of rotatable bonds is 14. The van der Waals surface area contributed by atoms with E-state index in [1.807, 2.05) is 20.8 Å². The van der Waals surface area contributed by atoms with Crippen LogP contribution in [0.15, 0.2) is 10.7 Å². The van der Waals surface area contributed by atoms with Gasteiger partial charge >= 0.3 is 6.03 Å². The Kier molecular flexibility index (Phi) is 11.9. The fourth-order valence-corrected chi connectivity index (χ4v) is 2.28. The molecular formula is C18H32N4O5. The molecule has 0 fully saturated rings. The van der Waals surface area contributed by atoms with Crippen molar-refractivity contribution < 1.29 is 23.5 Å². The first-order valence-electron chi connectivity index (χ1n) is 9.53. The van der Waals surface area contributed by atoms with E-state index >= 15 is 0 Å². The number of hydrogen-bond donors (Lipinski definition) is 2. The van der Waals surface area contributed by atoms with Gasteiger partial charge in [-0.15, -0.1) is 0 Å². The molecule has 0 saturated carbocycles. The molecule has 9 heteroatoms. The molecule has 1 heterocycles. The quantitative estimate of drug-likeness (QED) is 0.474. The highest BCUT2D eigenvalue weighted by Gasteiger charge is 2.18. The Labute approximate surface area is 160 Å². The topological polar surface area (TPSA) is 106 Å².